The van der Waals surface area contributed by atoms with Crippen molar-refractivity contribution in [2.75, 3.05) is 13.2 Å². The summed E-state index contributed by atoms with van der Waals surface area (Å²) in [6.45, 7) is 15.7. The zero-order valence-electron chi connectivity index (χ0n) is 35.2. The minimum Gasteiger partial charge on any atom is -0.494 e. The number of carbonyl (C=O) groups excluding carboxylic acids is 2. The van der Waals surface area contributed by atoms with Crippen molar-refractivity contribution in [3.63, 3.8) is 0 Å². The summed E-state index contributed by atoms with van der Waals surface area (Å²) in [6, 6.07) is 15.6. The van der Waals surface area contributed by atoms with Crippen LogP contribution in [0.1, 0.15) is 161 Å². The van der Waals surface area contributed by atoms with Gasteiger partial charge >= 0.3 is 11.9 Å². The molecule has 5 nitrogen and oxygen atoms in total. The van der Waals surface area contributed by atoms with Gasteiger partial charge < -0.3 is 14.2 Å². The van der Waals surface area contributed by atoms with Crippen LogP contribution in [0.25, 0.3) is 11.1 Å². The standard InChI is InChI=1S/C50H72O5/c1-7-8-32-54-48(52)39-18-16-37(17-19-39)38-20-23-41(24-21-38)53-33-11-9-10-15-47(51)55-42-28-30-49(5)40(34-42)22-25-43-45-27-26-44(36(4)14-12-13-35(2)3)50(45,6)31-29-46(43)49/h16-24,35-36,42-46H,7-15,25-34H2,1-6H3/t36-,42?,43+,44-,45+,46+,49+,50-/m1/s1. The second-order valence-electron chi connectivity index (χ2n) is 18.9. The van der Waals surface area contributed by atoms with Crippen LogP contribution in [0.3, 0.4) is 0 Å². The Balaban J connectivity index is 0.886. The van der Waals surface area contributed by atoms with Crippen LogP contribution in [0.5, 0.6) is 5.75 Å². The third-order valence-electron chi connectivity index (χ3n) is 14.9. The zero-order chi connectivity index (χ0) is 39.0. The quantitative estimate of drug-likeness (QED) is 0.0862. The lowest BCUT2D eigenvalue weighted by atomic mass is 9.47. The molecule has 8 atom stereocenters. The van der Waals surface area contributed by atoms with Gasteiger partial charge in [-0.05, 0) is 152 Å². The van der Waals surface area contributed by atoms with Crippen molar-refractivity contribution < 1.29 is 23.8 Å². The molecule has 3 fully saturated rings. The Morgan fingerprint density at radius 1 is 0.782 bits per heavy atom. The summed E-state index contributed by atoms with van der Waals surface area (Å²) in [5, 5.41) is 0. The van der Waals surface area contributed by atoms with Crippen molar-refractivity contribution in [3.05, 3.63) is 65.7 Å². The summed E-state index contributed by atoms with van der Waals surface area (Å²) in [6.07, 6.45) is 21.9. The highest BCUT2D eigenvalue weighted by Gasteiger charge is 2.59. The molecule has 0 aliphatic heterocycles. The van der Waals surface area contributed by atoms with E-state index in [1.165, 1.54) is 51.4 Å². The Morgan fingerprint density at radius 2 is 1.53 bits per heavy atom. The lowest BCUT2D eigenvalue weighted by molar-refractivity contribution is -0.151. The summed E-state index contributed by atoms with van der Waals surface area (Å²) in [4.78, 5) is 25.1. The fourth-order valence-electron chi connectivity index (χ4n) is 11.7. The molecule has 6 rings (SSSR count). The normalized spacial score (nSPS) is 29.1. The molecule has 0 saturated heterocycles. The van der Waals surface area contributed by atoms with Crippen molar-refractivity contribution in [1.29, 1.82) is 0 Å². The molecule has 0 heterocycles. The molecule has 0 N–H and O–H groups in total. The SMILES string of the molecule is CCCCOC(=O)c1ccc(-c2ccc(OCCCCCC(=O)OC3CC[C@@]4(C)C(=CC[C@H]5[C@@H]6CC[C@H]([C@H](C)CCCC(C)C)[C@@]6(C)CC[C@@H]54)C3)cc2)cc1. The van der Waals surface area contributed by atoms with E-state index in [9.17, 15) is 9.59 Å². The predicted molar refractivity (Wildman–Crippen MR) is 224 cm³/mol. The Morgan fingerprint density at radius 3 is 2.25 bits per heavy atom. The smallest absolute Gasteiger partial charge is 0.338 e. The first kappa shape index (κ1) is 41.6. The molecule has 55 heavy (non-hydrogen) atoms. The Labute approximate surface area is 333 Å². The average molecular weight is 753 g/mol. The van der Waals surface area contributed by atoms with Crippen molar-refractivity contribution in [3.8, 4) is 16.9 Å². The number of ether oxygens (including phenoxy) is 3. The van der Waals surface area contributed by atoms with Crippen LogP contribution < -0.4 is 4.74 Å². The minimum atomic E-state index is -0.270. The molecule has 302 valence electrons. The largest absolute Gasteiger partial charge is 0.494 e. The number of hydrogen-bond acceptors (Lipinski definition) is 5. The van der Waals surface area contributed by atoms with Gasteiger partial charge in [0.1, 0.15) is 11.9 Å². The minimum absolute atomic E-state index is 0.0336. The maximum atomic E-state index is 12.9. The van der Waals surface area contributed by atoms with E-state index in [-0.39, 0.29) is 23.5 Å². The van der Waals surface area contributed by atoms with E-state index in [0.717, 1.165) is 104 Å². The van der Waals surface area contributed by atoms with Crippen LogP contribution in [0.4, 0.5) is 0 Å². The molecule has 4 aliphatic rings. The number of esters is 2. The molecule has 2 aromatic rings. The maximum absolute atomic E-state index is 12.9. The fraction of sp³-hybridized carbons (Fsp3) is 0.680. The molecule has 4 aliphatic carbocycles. The molecule has 0 aromatic heterocycles. The fourth-order valence-corrected chi connectivity index (χ4v) is 11.7. The van der Waals surface area contributed by atoms with Crippen LogP contribution in [-0.4, -0.2) is 31.3 Å². The van der Waals surface area contributed by atoms with E-state index < -0.39 is 0 Å². The van der Waals surface area contributed by atoms with Crippen molar-refractivity contribution in [2.24, 2.45) is 46.3 Å². The summed E-state index contributed by atoms with van der Waals surface area (Å²) in [5.74, 6) is 5.61. The summed E-state index contributed by atoms with van der Waals surface area (Å²) in [5.41, 5.74) is 5.09. The van der Waals surface area contributed by atoms with E-state index in [1.54, 1.807) is 5.57 Å². The molecule has 1 unspecified atom stereocenters. The van der Waals surface area contributed by atoms with Gasteiger partial charge in [0.15, 0.2) is 0 Å². The molecule has 0 bridgehead atoms. The van der Waals surface area contributed by atoms with E-state index in [2.05, 4.69) is 47.6 Å². The van der Waals surface area contributed by atoms with Crippen LogP contribution in [-0.2, 0) is 14.3 Å². The molecule has 0 spiro atoms. The first-order valence-corrected chi connectivity index (χ1v) is 22.4. The zero-order valence-corrected chi connectivity index (χ0v) is 35.2. The maximum Gasteiger partial charge on any atom is 0.338 e. The average Bonchev–Trinajstić information content (AvgIpc) is 3.54. The summed E-state index contributed by atoms with van der Waals surface area (Å²) >= 11 is 0. The molecular weight excluding hydrogens is 681 g/mol. The van der Waals surface area contributed by atoms with Crippen LogP contribution in [0, 0.1) is 46.3 Å². The lowest BCUT2D eigenvalue weighted by Crippen LogP contribution is -2.51. The third-order valence-corrected chi connectivity index (χ3v) is 14.9. The first-order valence-electron chi connectivity index (χ1n) is 22.4. The van der Waals surface area contributed by atoms with E-state index in [1.807, 2.05) is 48.5 Å². The monoisotopic (exact) mass is 753 g/mol. The number of carbonyl (C=O) groups is 2. The molecule has 3 saturated carbocycles. The lowest BCUT2D eigenvalue weighted by Gasteiger charge is -2.58. The highest BCUT2D eigenvalue weighted by molar-refractivity contribution is 5.90. The second kappa shape index (κ2) is 18.9. The third kappa shape index (κ3) is 9.90. The number of fused-ring (bicyclic) bond motifs is 5. The predicted octanol–water partition coefficient (Wildman–Crippen LogP) is 13.2. The number of allylic oxidation sites excluding steroid dienone is 1. The summed E-state index contributed by atoms with van der Waals surface area (Å²) < 4.78 is 17.4. The van der Waals surface area contributed by atoms with Crippen molar-refractivity contribution in [1.82, 2.24) is 0 Å². The second-order valence-corrected chi connectivity index (χ2v) is 18.9. The van der Waals surface area contributed by atoms with Crippen molar-refractivity contribution >= 4 is 11.9 Å². The van der Waals surface area contributed by atoms with Gasteiger partial charge in [0.05, 0.1) is 18.8 Å². The van der Waals surface area contributed by atoms with E-state index in [0.29, 0.717) is 30.6 Å². The van der Waals surface area contributed by atoms with Crippen LogP contribution >= 0.6 is 0 Å². The van der Waals surface area contributed by atoms with Gasteiger partial charge in [-0.2, -0.15) is 0 Å². The topological polar surface area (TPSA) is 61.8 Å². The molecule has 2 aromatic carbocycles. The Bertz CT molecular complexity index is 1570. The van der Waals surface area contributed by atoms with Gasteiger partial charge in [0, 0.05) is 12.8 Å². The number of unbranched alkanes of at least 4 members (excludes halogenated alkanes) is 3. The van der Waals surface area contributed by atoms with E-state index in [4.69, 9.17) is 14.2 Å². The van der Waals surface area contributed by atoms with Gasteiger partial charge in [-0.25, -0.2) is 4.79 Å². The number of benzene rings is 2. The summed E-state index contributed by atoms with van der Waals surface area (Å²) in [7, 11) is 0. The van der Waals surface area contributed by atoms with Crippen LogP contribution in [0.2, 0.25) is 0 Å². The Kier molecular flexibility index (Phi) is 14.3. The number of rotatable bonds is 18. The van der Waals surface area contributed by atoms with Crippen LogP contribution in [0.15, 0.2) is 60.2 Å². The first-order chi connectivity index (χ1) is 26.5. The highest BCUT2D eigenvalue weighted by Crippen LogP contribution is 2.67. The van der Waals surface area contributed by atoms with Gasteiger partial charge in [-0.1, -0.05) is 103 Å². The number of hydrogen-bond donors (Lipinski definition) is 0. The van der Waals surface area contributed by atoms with Crippen molar-refractivity contribution in [2.45, 2.75) is 157 Å². The van der Waals surface area contributed by atoms with Gasteiger partial charge in [-0.3, -0.25) is 4.79 Å². The molecule has 0 radical (unpaired) electrons. The van der Waals surface area contributed by atoms with Gasteiger partial charge in [-0.15, -0.1) is 0 Å². The molecule has 0 amide bonds. The van der Waals surface area contributed by atoms with Gasteiger partial charge in [0.25, 0.3) is 0 Å². The molecule has 5 heteroatoms. The molecular formula is C50H72O5. The van der Waals surface area contributed by atoms with E-state index >= 15 is 0 Å². The highest BCUT2D eigenvalue weighted by atomic mass is 16.5. The Hall–Kier alpha value is -3.08. The van der Waals surface area contributed by atoms with Gasteiger partial charge in [0.2, 0.25) is 0 Å².